The normalized spacial score (nSPS) is 20.0. The van der Waals surface area contributed by atoms with Crippen LogP contribution in [-0.4, -0.2) is 161 Å². The Kier molecular flexibility index (Phi) is 16.6. The number of likely N-dealkylation sites (tertiary alicyclic amines) is 2. The highest BCUT2D eigenvalue weighted by atomic mass is 32.2. The number of carbonyl (C=O) groups excluding carboxylic acids is 3. The minimum atomic E-state index is -4.37. The van der Waals surface area contributed by atoms with Crippen LogP contribution in [0.15, 0.2) is 96.9 Å². The Labute approximate surface area is 468 Å². The van der Waals surface area contributed by atoms with E-state index in [1.165, 1.54) is 6.20 Å². The monoisotopic (exact) mass is 1140 g/mol. The molecule has 17 nitrogen and oxygen atoms in total. The number of β-amino-alcohol motifs (C(OH)–C–C–N with tert-alkyl or cyclic N) is 1. The molecule has 10 rings (SSSR count). The minimum Gasteiger partial charge on any atom is -0.391 e. The number of carbonyl (C=O) groups is 3. The largest absolute Gasteiger partial charge is 0.391 e. The number of aliphatic hydroxyl groups is 1. The smallest absolute Gasteiger partial charge is 0.301 e. The molecule has 4 aliphatic heterocycles. The molecule has 3 aromatic heterocycles. The van der Waals surface area contributed by atoms with Crippen molar-refractivity contribution in [1.29, 1.82) is 0 Å². The zero-order valence-electron chi connectivity index (χ0n) is 45.4. The number of fused-ring (bicyclic) bond motifs is 1. The molecule has 0 radical (unpaired) electrons. The zero-order chi connectivity index (χ0) is 56.6. The number of nitrogens with zero attached hydrogens (tertiary/aromatic N) is 7. The van der Waals surface area contributed by atoms with Crippen molar-refractivity contribution in [2.75, 3.05) is 81.6 Å². The lowest BCUT2D eigenvalue weighted by molar-refractivity contribution is -0.140. The number of piperazine rings is 1. The van der Waals surface area contributed by atoms with Gasteiger partial charge in [-0.3, -0.25) is 28.9 Å². The molecule has 6 aromatic rings. The number of aromatic nitrogens is 3. The summed E-state index contributed by atoms with van der Waals surface area (Å²) in [6.07, 6.45) is 2.26. The number of aryl methyl sites for hydroxylation is 1. The third-order valence-electron chi connectivity index (χ3n) is 15.8. The number of hydrogen-bond donors (Lipinski definition) is 5. The Bertz CT molecular complexity index is 3380. The van der Waals surface area contributed by atoms with Gasteiger partial charge in [-0.2, -0.15) is 12.7 Å². The van der Waals surface area contributed by atoms with E-state index in [-0.39, 0.29) is 43.4 Å². The maximum atomic E-state index is 15.8. The second kappa shape index (κ2) is 23.4. The summed E-state index contributed by atoms with van der Waals surface area (Å²) in [6.45, 7) is 18.5. The van der Waals surface area contributed by atoms with Gasteiger partial charge in [-0.1, -0.05) is 63.7 Å². The van der Waals surface area contributed by atoms with Crippen LogP contribution >= 0.6 is 11.3 Å². The molecule has 4 atom stereocenters. The Morgan fingerprint density at radius 3 is 2.31 bits per heavy atom. The standard InChI is InChI=1S/C58H68F3N11O6S2/c1-35(62-26-37-6-8-40(9-7-37)54-36(2)65-34-79-54)49-25-44(73)32-72(49)57(76)55(58(3,4)5)66-50(74)33-69-29-38(30-69)16-18-68-20-22-70(23-21-68)43-12-10-39(11-13-43)41-24-45-46(28-64-56(45)63-27-41)53(75)51-47(60)14-15-48(52(51)61)67-80(77,78)71-19-17-42(59)31-71/h6-15,24,27-28,34,38,42,44,49,55,62,67,73H,1,16-23,25-26,29-33H2,2-5H3,(H,63,64)(H,66,74)/t42-,44-,49+,55-/m1/s1. The summed E-state index contributed by atoms with van der Waals surface area (Å²) in [7, 11) is -4.37. The van der Waals surface area contributed by atoms with Gasteiger partial charge in [0, 0.05) is 112 Å². The number of ketones is 1. The van der Waals surface area contributed by atoms with Gasteiger partial charge in [0.25, 0.3) is 0 Å². The quantitative estimate of drug-likeness (QED) is 0.0516. The molecule has 80 heavy (non-hydrogen) atoms. The van der Waals surface area contributed by atoms with Crippen LogP contribution < -0.4 is 20.3 Å². The van der Waals surface area contributed by atoms with E-state index in [2.05, 4.69) is 71.1 Å². The fraction of sp³-hybridized carbons (Fsp3) is 0.431. The molecule has 2 amide bonds. The van der Waals surface area contributed by atoms with Crippen LogP contribution in [0.3, 0.4) is 0 Å². The number of thiazole rings is 1. The fourth-order valence-electron chi connectivity index (χ4n) is 11.2. The van der Waals surface area contributed by atoms with Gasteiger partial charge in [-0.15, -0.1) is 11.3 Å². The van der Waals surface area contributed by atoms with Crippen LogP contribution in [0, 0.1) is 29.9 Å². The van der Waals surface area contributed by atoms with Gasteiger partial charge in [-0.05, 0) is 84.7 Å². The highest BCUT2D eigenvalue weighted by Gasteiger charge is 2.43. The van der Waals surface area contributed by atoms with Crippen molar-refractivity contribution < 1.29 is 41.1 Å². The molecular formula is C58H68F3N11O6S2. The van der Waals surface area contributed by atoms with Crippen molar-refractivity contribution in [2.24, 2.45) is 11.3 Å². The number of amides is 2. The van der Waals surface area contributed by atoms with Gasteiger partial charge in [0.15, 0.2) is 5.82 Å². The molecule has 4 aliphatic rings. The summed E-state index contributed by atoms with van der Waals surface area (Å²) < 4.78 is 73.4. The summed E-state index contributed by atoms with van der Waals surface area (Å²) in [5.74, 6) is -3.55. The average Bonchev–Trinajstić information content (AvgIpc) is 4.27. The molecular weight excluding hydrogens is 1070 g/mol. The Morgan fingerprint density at radius 2 is 1.64 bits per heavy atom. The van der Waals surface area contributed by atoms with Crippen molar-refractivity contribution in [1.82, 2.24) is 44.6 Å². The molecule has 0 bridgehead atoms. The predicted molar refractivity (Wildman–Crippen MR) is 304 cm³/mol. The number of benzene rings is 3. The number of halogens is 3. The Balaban J connectivity index is 0.667. The molecule has 0 unspecified atom stereocenters. The number of rotatable bonds is 19. The summed E-state index contributed by atoms with van der Waals surface area (Å²) in [5, 5.41) is 17.6. The van der Waals surface area contributed by atoms with E-state index in [4.69, 9.17) is 0 Å². The first-order chi connectivity index (χ1) is 38.2. The van der Waals surface area contributed by atoms with E-state index in [0.717, 1.165) is 102 Å². The van der Waals surface area contributed by atoms with E-state index in [1.54, 1.807) is 28.5 Å². The van der Waals surface area contributed by atoms with Crippen molar-refractivity contribution in [3.05, 3.63) is 131 Å². The summed E-state index contributed by atoms with van der Waals surface area (Å²) >= 11 is 1.61. The highest BCUT2D eigenvalue weighted by molar-refractivity contribution is 7.90. The van der Waals surface area contributed by atoms with E-state index in [1.807, 2.05) is 62.2 Å². The van der Waals surface area contributed by atoms with Crippen LogP contribution in [0.2, 0.25) is 0 Å². The topological polar surface area (TPSA) is 199 Å². The number of nitrogens with one attached hydrogen (secondary N) is 4. The molecule has 0 saturated carbocycles. The minimum absolute atomic E-state index is 0.00192. The van der Waals surface area contributed by atoms with Gasteiger partial charge >= 0.3 is 10.2 Å². The lowest BCUT2D eigenvalue weighted by atomic mass is 9.85. The summed E-state index contributed by atoms with van der Waals surface area (Å²) in [4.78, 5) is 63.1. The number of hydrogen-bond acceptors (Lipinski definition) is 13. The molecule has 4 saturated heterocycles. The van der Waals surface area contributed by atoms with E-state index < -0.39 is 75.2 Å². The van der Waals surface area contributed by atoms with Crippen molar-refractivity contribution >= 4 is 61.6 Å². The number of anilines is 2. The Hall–Kier alpha value is -6.69. The lowest BCUT2D eigenvalue weighted by Gasteiger charge is -2.42. The van der Waals surface area contributed by atoms with Crippen molar-refractivity contribution in [3.63, 3.8) is 0 Å². The van der Waals surface area contributed by atoms with Gasteiger partial charge in [-0.25, -0.2) is 23.1 Å². The van der Waals surface area contributed by atoms with Gasteiger partial charge in [0.1, 0.15) is 23.7 Å². The zero-order valence-corrected chi connectivity index (χ0v) is 47.0. The Morgan fingerprint density at radius 1 is 0.912 bits per heavy atom. The predicted octanol–water partition coefficient (Wildman–Crippen LogP) is 7.11. The van der Waals surface area contributed by atoms with Gasteiger partial charge in [0.05, 0.1) is 46.0 Å². The maximum absolute atomic E-state index is 15.8. The van der Waals surface area contributed by atoms with Crippen molar-refractivity contribution in [3.8, 4) is 21.6 Å². The second-order valence-corrected chi connectivity index (χ2v) is 25.1. The van der Waals surface area contributed by atoms with Crippen LogP contribution in [0.5, 0.6) is 0 Å². The average molecular weight is 1140 g/mol. The van der Waals surface area contributed by atoms with E-state index >= 15 is 8.78 Å². The van der Waals surface area contributed by atoms with Crippen LogP contribution in [0.25, 0.3) is 32.6 Å². The molecule has 5 N–H and O–H groups in total. The van der Waals surface area contributed by atoms with E-state index in [0.29, 0.717) is 41.2 Å². The third kappa shape index (κ3) is 12.4. The van der Waals surface area contributed by atoms with Crippen molar-refractivity contribution in [2.45, 2.75) is 77.9 Å². The first-order valence-corrected chi connectivity index (χ1v) is 29.4. The number of aliphatic hydroxyl groups excluding tert-OH is 1. The maximum Gasteiger partial charge on any atom is 0.301 e. The molecule has 0 aliphatic carbocycles. The van der Waals surface area contributed by atoms with E-state index in [9.17, 15) is 32.3 Å². The number of aromatic amines is 1. The summed E-state index contributed by atoms with van der Waals surface area (Å²) in [5.41, 5.74) is 6.29. The molecule has 3 aromatic carbocycles. The highest BCUT2D eigenvalue weighted by Crippen LogP contribution is 2.34. The summed E-state index contributed by atoms with van der Waals surface area (Å²) in [6, 6.07) is 18.4. The number of alkyl halides is 1. The molecule has 7 heterocycles. The molecule has 4 fully saturated rings. The fourth-order valence-corrected chi connectivity index (χ4v) is 13.3. The molecule has 424 valence electrons. The lowest BCUT2D eigenvalue weighted by Crippen LogP contribution is -2.59. The van der Waals surface area contributed by atoms with Crippen LogP contribution in [0.4, 0.5) is 24.5 Å². The molecule has 22 heteroatoms. The second-order valence-electron chi connectivity index (χ2n) is 22.6. The van der Waals surface area contributed by atoms with Crippen LogP contribution in [0.1, 0.15) is 67.2 Å². The first-order valence-electron chi connectivity index (χ1n) is 27.1. The first kappa shape index (κ1) is 56.6. The van der Waals surface area contributed by atoms with Crippen LogP contribution in [-0.2, 0) is 26.3 Å². The number of H-pyrrole nitrogens is 1. The van der Waals surface area contributed by atoms with Gasteiger partial charge in [0.2, 0.25) is 17.6 Å². The molecule has 0 spiro atoms. The number of pyridine rings is 1. The third-order valence-corrected chi connectivity index (χ3v) is 18.3. The SMILES string of the molecule is C=C(NCc1ccc(-c2scnc2C)cc1)[C@@H]1C[C@@H](O)CN1C(=O)[C@@H](NC(=O)CN1CC(CCN2CCN(c3ccc(-c4cnc5[nH]cc(C(=O)c6c(F)ccc(NS(=O)(=O)N7CC[C@@H](F)C7)c6F)c5c4)cc3)CC2)C1)C(C)(C)C. The van der Waals surface area contributed by atoms with Gasteiger partial charge < -0.3 is 30.5 Å².